The molecule has 0 spiro atoms. The van der Waals surface area contributed by atoms with Gasteiger partial charge in [0.1, 0.15) is 0 Å². The summed E-state index contributed by atoms with van der Waals surface area (Å²) in [5.41, 5.74) is 0.462. The Morgan fingerprint density at radius 2 is 1.86 bits per heavy atom. The molecule has 8 heteroatoms. The highest BCUT2D eigenvalue weighted by molar-refractivity contribution is 5.98. The number of benzene rings is 2. The van der Waals surface area contributed by atoms with Crippen LogP contribution in [0.25, 0.3) is 0 Å². The minimum atomic E-state index is -4.33. The molecule has 1 N–H and O–H groups in total. The maximum atomic E-state index is 12.9. The molecule has 2 heterocycles. The van der Waals surface area contributed by atoms with Crippen LogP contribution in [0.1, 0.15) is 34.3 Å². The van der Waals surface area contributed by atoms with Gasteiger partial charge in [0.05, 0.1) is 11.1 Å². The summed E-state index contributed by atoms with van der Waals surface area (Å²) >= 11 is 0. The summed E-state index contributed by atoms with van der Waals surface area (Å²) in [5, 5.41) is 3.03. The number of amides is 1. The van der Waals surface area contributed by atoms with Crippen molar-refractivity contribution >= 4 is 5.91 Å². The number of hydrogen-bond acceptors (Lipinski definition) is 4. The third kappa shape index (κ3) is 4.48. The molecule has 0 aromatic heterocycles. The summed E-state index contributed by atoms with van der Waals surface area (Å²) in [6, 6.07) is 10.7. The van der Waals surface area contributed by atoms with E-state index in [1.165, 1.54) is 12.1 Å². The van der Waals surface area contributed by atoms with Crippen molar-refractivity contribution in [3.05, 3.63) is 59.2 Å². The number of para-hydroxylation sites is 1. The van der Waals surface area contributed by atoms with Crippen molar-refractivity contribution < 1.29 is 27.4 Å². The van der Waals surface area contributed by atoms with E-state index in [9.17, 15) is 18.0 Å². The highest BCUT2D eigenvalue weighted by Crippen LogP contribution is 2.35. The highest BCUT2D eigenvalue weighted by Gasteiger charge is 2.31. The second kappa shape index (κ2) is 7.94. The maximum Gasteiger partial charge on any atom is 0.416 e. The molecule has 1 saturated heterocycles. The van der Waals surface area contributed by atoms with Crippen molar-refractivity contribution in [2.75, 3.05) is 19.9 Å². The lowest BCUT2D eigenvalue weighted by atomic mass is 10.0. The lowest BCUT2D eigenvalue weighted by Gasteiger charge is -2.32. The summed E-state index contributed by atoms with van der Waals surface area (Å²) in [6.07, 6.45) is -2.87. The summed E-state index contributed by atoms with van der Waals surface area (Å²) < 4.78 is 49.3. The number of halogens is 3. The Labute approximate surface area is 166 Å². The Kier molecular flexibility index (Phi) is 5.36. The Hall–Kier alpha value is -2.74. The standard InChI is InChI=1S/C21H21F3N2O3/c22-21(23,24)15-4-1-3-14(11-15)12-26-9-7-16(8-10-26)25-20(27)17-5-2-6-18-19(17)29-13-28-18/h1-6,11,16H,7-10,12-13H2,(H,25,27). The van der Waals surface area contributed by atoms with Crippen LogP contribution in [0.5, 0.6) is 11.5 Å². The van der Waals surface area contributed by atoms with Gasteiger partial charge < -0.3 is 14.8 Å². The smallest absolute Gasteiger partial charge is 0.416 e. The first-order valence-corrected chi connectivity index (χ1v) is 9.48. The molecule has 0 bridgehead atoms. The number of carbonyl (C=O) groups is 1. The van der Waals surface area contributed by atoms with Crippen molar-refractivity contribution in [2.45, 2.75) is 31.6 Å². The number of carbonyl (C=O) groups excluding carboxylic acids is 1. The van der Waals surface area contributed by atoms with Gasteiger partial charge in [0.25, 0.3) is 5.91 Å². The molecule has 1 amide bonds. The van der Waals surface area contributed by atoms with Gasteiger partial charge in [-0.2, -0.15) is 13.2 Å². The monoisotopic (exact) mass is 406 g/mol. The normalized spacial score (nSPS) is 17.3. The van der Waals surface area contributed by atoms with Crippen LogP contribution in [-0.4, -0.2) is 36.7 Å². The first-order chi connectivity index (χ1) is 13.9. The largest absolute Gasteiger partial charge is 0.454 e. The second-order valence-corrected chi connectivity index (χ2v) is 7.26. The predicted octanol–water partition coefficient (Wildman–Crippen LogP) is 3.83. The molecule has 29 heavy (non-hydrogen) atoms. The van der Waals surface area contributed by atoms with E-state index in [0.29, 0.717) is 42.3 Å². The van der Waals surface area contributed by atoms with Gasteiger partial charge in [-0.3, -0.25) is 9.69 Å². The molecule has 5 nitrogen and oxygen atoms in total. The summed E-state index contributed by atoms with van der Waals surface area (Å²) in [7, 11) is 0. The third-order valence-corrected chi connectivity index (χ3v) is 5.22. The van der Waals surface area contributed by atoms with Crippen LogP contribution in [0, 0.1) is 0 Å². The lowest BCUT2D eigenvalue weighted by Crippen LogP contribution is -2.44. The molecule has 1 fully saturated rings. The Balaban J connectivity index is 1.31. The fraction of sp³-hybridized carbons (Fsp3) is 0.381. The van der Waals surface area contributed by atoms with Crippen molar-refractivity contribution in [1.82, 2.24) is 10.2 Å². The number of ether oxygens (including phenoxy) is 2. The molecular weight excluding hydrogens is 385 g/mol. The van der Waals surface area contributed by atoms with Gasteiger partial charge >= 0.3 is 6.18 Å². The van der Waals surface area contributed by atoms with E-state index in [1.54, 1.807) is 24.3 Å². The summed E-state index contributed by atoms with van der Waals surface area (Å²) in [5.74, 6) is 0.823. The fourth-order valence-electron chi connectivity index (χ4n) is 3.71. The Morgan fingerprint density at radius 3 is 2.62 bits per heavy atom. The fourth-order valence-corrected chi connectivity index (χ4v) is 3.71. The van der Waals surface area contributed by atoms with Crippen molar-refractivity contribution in [1.29, 1.82) is 0 Å². The molecule has 0 radical (unpaired) electrons. The van der Waals surface area contributed by atoms with Gasteiger partial charge in [-0.05, 0) is 36.6 Å². The zero-order valence-electron chi connectivity index (χ0n) is 15.7. The van der Waals surface area contributed by atoms with E-state index >= 15 is 0 Å². The van der Waals surface area contributed by atoms with Crippen LogP contribution in [0.4, 0.5) is 13.2 Å². The molecule has 2 aromatic rings. The van der Waals surface area contributed by atoms with Crippen molar-refractivity contribution in [3.63, 3.8) is 0 Å². The molecule has 0 unspecified atom stereocenters. The number of rotatable bonds is 4. The minimum Gasteiger partial charge on any atom is -0.454 e. The lowest BCUT2D eigenvalue weighted by molar-refractivity contribution is -0.137. The molecule has 2 aliphatic rings. The van der Waals surface area contributed by atoms with E-state index in [0.717, 1.165) is 18.9 Å². The van der Waals surface area contributed by atoms with Gasteiger partial charge in [-0.1, -0.05) is 24.3 Å². The molecule has 0 aliphatic carbocycles. The quantitative estimate of drug-likeness (QED) is 0.839. The molecular formula is C21H21F3N2O3. The second-order valence-electron chi connectivity index (χ2n) is 7.26. The van der Waals surface area contributed by atoms with Crippen LogP contribution in [-0.2, 0) is 12.7 Å². The molecule has 0 atom stereocenters. The van der Waals surface area contributed by atoms with Crippen LogP contribution in [0.15, 0.2) is 42.5 Å². The minimum absolute atomic E-state index is 0.0124. The number of alkyl halides is 3. The summed E-state index contributed by atoms with van der Waals surface area (Å²) in [4.78, 5) is 14.7. The molecule has 0 saturated carbocycles. The first-order valence-electron chi connectivity index (χ1n) is 9.48. The average Bonchev–Trinajstić information content (AvgIpc) is 3.18. The highest BCUT2D eigenvalue weighted by atomic mass is 19.4. The number of fused-ring (bicyclic) bond motifs is 1. The number of piperidine rings is 1. The van der Waals surface area contributed by atoms with Crippen molar-refractivity contribution in [2.24, 2.45) is 0 Å². The molecule has 2 aromatic carbocycles. The van der Waals surface area contributed by atoms with Crippen LogP contribution in [0.3, 0.4) is 0 Å². The Bertz CT molecular complexity index is 893. The SMILES string of the molecule is O=C(NC1CCN(Cc2cccc(C(F)(F)F)c2)CC1)c1cccc2c1OCO2. The molecule has 154 valence electrons. The van der Waals surface area contributed by atoms with Crippen LogP contribution >= 0.6 is 0 Å². The number of likely N-dealkylation sites (tertiary alicyclic amines) is 1. The molecule has 4 rings (SSSR count). The predicted molar refractivity (Wildman–Crippen MR) is 99.8 cm³/mol. The van der Waals surface area contributed by atoms with E-state index in [-0.39, 0.29) is 18.7 Å². The van der Waals surface area contributed by atoms with Gasteiger partial charge in [0, 0.05) is 25.7 Å². The summed E-state index contributed by atoms with van der Waals surface area (Å²) in [6.45, 7) is 1.97. The number of hydrogen-bond donors (Lipinski definition) is 1. The molecule has 2 aliphatic heterocycles. The van der Waals surface area contributed by atoms with E-state index in [2.05, 4.69) is 10.2 Å². The Morgan fingerprint density at radius 1 is 1.10 bits per heavy atom. The van der Waals surface area contributed by atoms with Gasteiger partial charge in [0.2, 0.25) is 6.79 Å². The van der Waals surface area contributed by atoms with E-state index < -0.39 is 11.7 Å². The van der Waals surface area contributed by atoms with Gasteiger partial charge in [-0.15, -0.1) is 0 Å². The zero-order chi connectivity index (χ0) is 20.4. The maximum absolute atomic E-state index is 12.9. The average molecular weight is 406 g/mol. The zero-order valence-corrected chi connectivity index (χ0v) is 15.7. The van der Waals surface area contributed by atoms with Gasteiger partial charge in [0.15, 0.2) is 11.5 Å². The van der Waals surface area contributed by atoms with Crippen molar-refractivity contribution in [3.8, 4) is 11.5 Å². The first kappa shape index (κ1) is 19.6. The topological polar surface area (TPSA) is 50.8 Å². The van der Waals surface area contributed by atoms with E-state index in [1.807, 2.05) is 0 Å². The van der Waals surface area contributed by atoms with Gasteiger partial charge in [-0.25, -0.2) is 0 Å². The van der Waals surface area contributed by atoms with Crippen LogP contribution in [0.2, 0.25) is 0 Å². The number of nitrogens with zero attached hydrogens (tertiary/aromatic N) is 1. The number of nitrogens with one attached hydrogen (secondary N) is 1. The van der Waals surface area contributed by atoms with E-state index in [4.69, 9.17) is 9.47 Å². The third-order valence-electron chi connectivity index (χ3n) is 5.22. The van der Waals surface area contributed by atoms with Crippen LogP contribution < -0.4 is 14.8 Å².